The maximum Gasteiger partial charge on any atom is 0.260 e. The summed E-state index contributed by atoms with van der Waals surface area (Å²) in [6.45, 7) is 3.41. The number of carbonyl (C=O) groups excluding carboxylic acids is 1. The minimum Gasteiger partial charge on any atom is -0.482 e. The van der Waals surface area contributed by atoms with Gasteiger partial charge in [-0.3, -0.25) is 9.69 Å². The molecule has 0 spiro atoms. The highest BCUT2D eigenvalue weighted by molar-refractivity contribution is 5.78. The molecule has 1 aliphatic heterocycles. The predicted octanol–water partition coefficient (Wildman–Crippen LogP) is 1.14. The maximum absolute atomic E-state index is 12.5. The van der Waals surface area contributed by atoms with Crippen molar-refractivity contribution in [3.63, 3.8) is 0 Å². The van der Waals surface area contributed by atoms with E-state index in [4.69, 9.17) is 14.5 Å². The van der Waals surface area contributed by atoms with Crippen LogP contribution in [0, 0.1) is 18.3 Å². The van der Waals surface area contributed by atoms with Crippen molar-refractivity contribution < 1.29 is 14.1 Å². The Morgan fingerprint density at radius 1 is 1.44 bits per heavy atom. The van der Waals surface area contributed by atoms with E-state index in [0.717, 1.165) is 0 Å². The molecule has 1 aromatic heterocycles. The van der Waals surface area contributed by atoms with Gasteiger partial charge in [0, 0.05) is 19.6 Å². The zero-order chi connectivity index (χ0) is 17.8. The average Bonchev–Trinajstić information content (AvgIpc) is 3.06. The standard InChI is InChI=1S/C17H19N5O3/c1-12-19-17(25-20-12)14-10-22(8-7-21(14)2)16(23)11-24-15-6-4-3-5-13(15)9-18/h3-6,14H,7-8,10-11H2,1-2H3. The first kappa shape index (κ1) is 16.9. The Labute approximate surface area is 145 Å². The zero-order valence-corrected chi connectivity index (χ0v) is 14.2. The van der Waals surface area contributed by atoms with Crippen LogP contribution in [0.3, 0.4) is 0 Å². The van der Waals surface area contributed by atoms with E-state index in [0.29, 0.717) is 42.7 Å². The van der Waals surface area contributed by atoms with Crippen LogP contribution in [0.5, 0.6) is 5.75 Å². The second-order valence-corrected chi connectivity index (χ2v) is 5.91. The normalized spacial score (nSPS) is 18.0. The van der Waals surface area contributed by atoms with Crippen LogP contribution in [0.2, 0.25) is 0 Å². The van der Waals surface area contributed by atoms with E-state index < -0.39 is 0 Å². The number of aryl methyl sites for hydroxylation is 1. The summed E-state index contributed by atoms with van der Waals surface area (Å²) >= 11 is 0. The summed E-state index contributed by atoms with van der Waals surface area (Å²) in [4.78, 5) is 20.6. The summed E-state index contributed by atoms with van der Waals surface area (Å²) in [5, 5.41) is 12.9. The van der Waals surface area contributed by atoms with Gasteiger partial charge in [0.25, 0.3) is 5.91 Å². The smallest absolute Gasteiger partial charge is 0.260 e. The van der Waals surface area contributed by atoms with E-state index >= 15 is 0 Å². The number of ether oxygens (including phenoxy) is 1. The third kappa shape index (κ3) is 3.78. The van der Waals surface area contributed by atoms with Crippen molar-refractivity contribution in [1.82, 2.24) is 19.9 Å². The van der Waals surface area contributed by atoms with Gasteiger partial charge in [-0.2, -0.15) is 10.2 Å². The number of hydrogen-bond donors (Lipinski definition) is 0. The van der Waals surface area contributed by atoms with E-state index in [9.17, 15) is 4.79 Å². The highest BCUT2D eigenvalue weighted by Crippen LogP contribution is 2.23. The number of piperazine rings is 1. The Bertz CT molecular complexity index is 798. The van der Waals surface area contributed by atoms with Crippen molar-refractivity contribution >= 4 is 5.91 Å². The molecule has 1 fully saturated rings. The second kappa shape index (κ2) is 7.32. The SMILES string of the molecule is Cc1noc(C2CN(C(=O)COc3ccccc3C#N)CCN2C)n1. The molecule has 0 N–H and O–H groups in total. The molecule has 1 aliphatic rings. The predicted molar refractivity (Wildman–Crippen MR) is 87.6 cm³/mol. The van der Waals surface area contributed by atoms with Gasteiger partial charge in [-0.15, -0.1) is 0 Å². The second-order valence-electron chi connectivity index (χ2n) is 5.91. The third-order valence-electron chi connectivity index (χ3n) is 4.19. The van der Waals surface area contributed by atoms with Crippen LogP contribution in [-0.2, 0) is 4.79 Å². The summed E-state index contributed by atoms with van der Waals surface area (Å²) in [7, 11) is 1.96. The summed E-state index contributed by atoms with van der Waals surface area (Å²) in [6, 6.07) is 8.78. The van der Waals surface area contributed by atoms with Crippen LogP contribution in [0.15, 0.2) is 28.8 Å². The van der Waals surface area contributed by atoms with Crippen molar-refractivity contribution in [2.45, 2.75) is 13.0 Å². The lowest BCUT2D eigenvalue weighted by molar-refractivity contribution is -0.136. The number of para-hydroxylation sites is 1. The molecule has 8 heteroatoms. The highest BCUT2D eigenvalue weighted by atomic mass is 16.5. The van der Waals surface area contributed by atoms with Gasteiger partial charge in [0.1, 0.15) is 17.9 Å². The van der Waals surface area contributed by atoms with Gasteiger partial charge in [0.2, 0.25) is 5.89 Å². The third-order valence-corrected chi connectivity index (χ3v) is 4.19. The number of benzene rings is 1. The summed E-state index contributed by atoms with van der Waals surface area (Å²) in [6.07, 6.45) is 0. The molecule has 2 aromatic rings. The molecule has 1 unspecified atom stereocenters. The minimum atomic E-state index is -0.137. The molecular formula is C17H19N5O3. The zero-order valence-electron chi connectivity index (χ0n) is 14.2. The van der Waals surface area contributed by atoms with Crippen LogP contribution in [0.4, 0.5) is 0 Å². The van der Waals surface area contributed by atoms with Crippen LogP contribution in [0.1, 0.15) is 23.3 Å². The van der Waals surface area contributed by atoms with Crippen molar-refractivity contribution in [3.05, 3.63) is 41.5 Å². The Hall–Kier alpha value is -2.92. The fraction of sp³-hybridized carbons (Fsp3) is 0.412. The Morgan fingerprint density at radius 2 is 2.24 bits per heavy atom. The first-order chi connectivity index (χ1) is 12.1. The molecule has 0 radical (unpaired) electrons. The lowest BCUT2D eigenvalue weighted by Crippen LogP contribution is -2.50. The fourth-order valence-corrected chi connectivity index (χ4v) is 2.73. The van der Waals surface area contributed by atoms with Gasteiger partial charge in [-0.25, -0.2) is 0 Å². The maximum atomic E-state index is 12.5. The van der Waals surface area contributed by atoms with Gasteiger partial charge < -0.3 is 14.2 Å². The summed E-state index contributed by atoms with van der Waals surface area (Å²) < 4.78 is 10.8. The molecule has 2 heterocycles. The number of rotatable bonds is 4. The molecule has 25 heavy (non-hydrogen) atoms. The number of hydrogen-bond acceptors (Lipinski definition) is 7. The van der Waals surface area contributed by atoms with Gasteiger partial charge in [0.15, 0.2) is 12.4 Å². The molecule has 0 saturated carbocycles. The molecule has 1 amide bonds. The van der Waals surface area contributed by atoms with E-state index in [1.165, 1.54) is 0 Å². The largest absolute Gasteiger partial charge is 0.482 e. The van der Waals surface area contributed by atoms with Crippen molar-refractivity contribution in [1.29, 1.82) is 5.26 Å². The Balaban J connectivity index is 1.63. The average molecular weight is 341 g/mol. The molecule has 8 nitrogen and oxygen atoms in total. The van der Waals surface area contributed by atoms with E-state index in [1.54, 1.807) is 36.1 Å². The number of nitriles is 1. The number of nitrogens with zero attached hydrogens (tertiary/aromatic N) is 5. The molecule has 1 atom stereocenters. The molecule has 1 aromatic carbocycles. The topological polar surface area (TPSA) is 95.5 Å². The van der Waals surface area contributed by atoms with Gasteiger partial charge in [-0.1, -0.05) is 17.3 Å². The van der Waals surface area contributed by atoms with E-state index in [1.807, 2.05) is 7.05 Å². The molecule has 3 rings (SSSR count). The number of amides is 1. The number of aromatic nitrogens is 2. The first-order valence-electron chi connectivity index (χ1n) is 7.98. The summed E-state index contributed by atoms with van der Waals surface area (Å²) in [5.41, 5.74) is 0.410. The highest BCUT2D eigenvalue weighted by Gasteiger charge is 2.32. The minimum absolute atomic E-state index is 0.113. The monoisotopic (exact) mass is 341 g/mol. The van der Waals surface area contributed by atoms with Crippen molar-refractivity contribution in [3.8, 4) is 11.8 Å². The van der Waals surface area contributed by atoms with Crippen LogP contribution < -0.4 is 4.74 Å². The van der Waals surface area contributed by atoms with Gasteiger partial charge in [-0.05, 0) is 26.1 Å². The quantitative estimate of drug-likeness (QED) is 0.823. The Kier molecular flexibility index (Phi) is 4.95. The lowest BCUT2D eigenvalue weighted by atomic mass is 10.1. The fourth-order valence-electron chi connectivity index (χ4n) is 2.73. The van der Waals surface area contributed by atoms with Crippen molar-refractivity contribution in [2.24, 2.45) is 0 Å². The van der Waals surface area contributed by atoms with Crippen LogP contribution >= 0.6 is 0 Å². The Morgan fingerprint density at radius 3 is 2.96 bits per heavy atom. The number of likely N-dealkylation sites (N-methyl/N-ethyl adjacent to an activating group) is 1. The van der Waals surface area contributed by atoms with E-state index in [-0.39, 0.29) is 18.6 Å². The molecular weight excluding hydrogens is 322 g/mol. The molecule has 130 valence electrons. The first-order valence-corrected chi connectivity index (χ1v) is 7.98. The summed E-state index contributed by atoms with van der Waals surface area (Å²) in [5.74, 6) is 1.36. The van der Waals surface area contributed by atoms with Crippen LogP contribution in [-0.4, -0.2) is 59.1 Å². The number of carbonyl (C=O) groups is 1. The lowest BCUT2D eigenvalue weighted by Gasteiger charge is -2.37. The van der Waals surface area contributed by atoms with Crippen LogP contribution in [0.25, 0.3) is 0 Å². The van der Waals surface area contributed by atoms with Crippen molar-refractivity contribution in [2.75, 3.05) is 33.3 Å². The molecule has 0 aliphatic carbocycles. The van der Waals surface area contributed by atoms with Gasteiger partial charge >= 0.3 is 0 Å². The van der Waals surface area contributed by atoms with Gasteiger partial charge in [0.05, 0.1) is 5.56 Å². The van der Waals surface area contributed by atoms with E-state index in [2.05, 4.69) is 21.1 Å². The molecule has 1 saturated heterocycles. The molecule has 0 bridgehead atoms.